The average molecular weight is 712 g/mol. The van der Waals surface area contributed by atoms with Gasteiger partial charge in [-0.2, -0.15) is 0 Å². The number of fused-ring (bicyclic) bond motifs is 1. The number of piperidine rings is 1. The molecule has 3 aromatic rings. The Labute approximate surface area is 293 Å². The number of amides is 3. The van der Waals surface area contributed by atoms with Gasteiger partial charge in [0.05, 0.1) is 40.4 Å². The number of likely N-dealkylation sites (tertiary alicyclic amines) is 1. The van der Waals surface area contributed by atoms with Gasteiger partial charge < -0.3 is 20.1 Å². The van der Waals surface area contributed by atoms with Gasteiger partial charge >= 0.3 is 6.09 Å². The number of benzene rings is 2. The number of rotatable bonds is 9. The Morgan fingerprint density at radius 1 is 1.02 bits per heavy atom. The summed E-state index contributed by atoms with van der Waals surface area (Å²) in [5, 5.41) is 0.799. The van der Waals surface area contributed by atoms with Crippen molar-refractivity contribution in [3.05, 3.63) is 98.5 Å². The Bertz CT molecular complexity index is 1800. The summed E-state index contributed by atoms with van der Waals surface area (Å²) in [5.41, 5.74) is 2.97. The van der Waals surface area contributed by atoms with E-state index in [-0.39, 0.29) is 35.6 Å². The van der Waals surface area contributed by atoms with Crippen LogP contribution in [0, 0.1) is 17.2 Å². The van der Waals surface area contributed by atoms with E-state index in [1.54, 1.807) is 62.1 Å². The molecule has 3 aliphatic rings. The highest BCUT2D eigenvalue weighted by atomic mass is 35.5. The number of aromatic nitrogens is 1. The average Bonchev–Trinajstić information content (AvgIpc) is 3.82. The van der Waals surface area contributed by atoms with E-state index in [9.17, 15) is 19.2 Å². The molecule has 10 nitrogen and oxygen atoms in total. The number of Topliss-reactive ketones (excluding diaryl/α,β-unsaturated/α-hetero) is 1. The molecule has 2 N–H and O–H groups in total. The first-order valence-electron chi connectivity index (χ1n) is 16.1. The SMILES string of the molecule is CC(C)(C)OC(=O)N1CCC(C(=O)c2cc(F)c3c(c2)C(=O)N(Cc2ccc(Cl)cn2)[C@@]3(OCC2(C(N)=O)CC2)c2ccc(Cl)cc2)CC1. The number of carbonyl (C=O) groups excluding carboxylic acids is 4. The first-order chi connectivity index (χ1) is 23.1. The van der Waals surface area contributed by atoms with Crippen molar-refractivity contribution >= 4 is 46.9 Å². The zero-order valence-electron chi connectivity index (χ0n) is 27.4. The molecular weight excluding hydrogens is 674 g/mol. The summed E-state index contributed by atoms with van der Waals surface area (Å²) in [5.74, 6) is -2.80. The standard InChI is InChI=1S/C36H37Cl2FN4O6/c1-34(2,3)49-33(47)42-14-10-21(11-15-42)30(44)22-16-27-29(28(39)17-22)36(23-4-6-24(37)7-5-23,48-20-35(12-13-35)32(40)46)43(31(27)45)19-26-9-8-25(38)18-41-26/h4-9,16-18,21H,10-15,19-20H2,1-3H3,(H2,40,46)/t36-/m1/s1. The number of nitrogens with zero attached hydrogens (tertiary/aromatic N) is 3. The van der Waals surface area contributed by atoms with Crippen LogP contribution in [0.2, 0.25) is 10.0 Å². The highest BCUT2D eigenvalue weighted by Gasteiger charge is 2.58. The number of halogens is 3. The number of carbonyl (C=O) groups is 4. The lowest BCUT2D eigenvalue weighted by Crippen LogP contribution is -2.48. The highest BCUT2D eigenvalue weighted by Crippen LogP contribution is 2.52. The van der Waals surface area contributed by atoms with Crippen LogP contribution in [0.5, 0.6) is 0 Å². The Kier molecular flexibility index (Phi) is 9.23. The number of primary amides is 1. The molecule has 2 fully saturated rings. The largest absolute Gasteiger partial charge is 0.444 e. The molecule has 6 rings (SSSR count). The second kappa shape index (κ2) is 13.0. The number of hydrogen-bond donors (Lipinski definition) is 1. The normalized spacial score (nSPS) is 20.2. The van der Waals surface area contributed by atoms with E-state index in [1.807, 2.05) is 0 Å². The fraction of sp³-hybridized carbons (Fsp3) is 0.417. The van der Waals surface area contributed by atoms with E-state index >= 15 is 4.39 Å². The smallest absolute Gasteiger partial charge is 0.410 e. The molecular formula is C36H37Cl2FN4O6. The van der Waals surface area contributed by atoms with Gasteiger partial charge in [-0.1, -0.05) is 35.3 Å². The minimum absolute atomic E-state index is 0.0348. The van der Waals surface area contributed by atoms with Crippen LogP contribution < -0.4 is 5.73 Å². The van der Waals surface area contributed by atoms with Crippen LogP contribution >= 0.6 is 23.2 Å². The van der Waals surface area contributed by atoms with Gasteiger partial charge in [0.1, 0.15) is 11.4 Å². The summed E-state index contributed by atoms with van der Waals surface area (Å²) in [6.07, 6.45) is 2.67. The predicted octanol–water partition coefficient (Wildman–Crippen LogP) is 6.50. The number of hydrogen-bond acceptors (Lipinski definition) is 7. The van der Waals surface area contributed by atoms with E-state index in [1.165, 1.54) is 17.2 Å². The van der Waals surface area contributed by atoms with Crippen LogP contribution in [0.15, 0.2) is 54.7 Å². The van der Waals surface area contributed by atoms with Crippen molar-refractivity contribution in [1.82, 2.24) is 14.8 Å². The lowest BCUT2D eigenvalue weighted by Gasteiger charge is -2.40. The van der Waals surface area contributed by atoms with Crippen molar-refractivity contribution in [3.63, 3.8) is 0 Å². The molecule has 2 aromatic carbocycles. The van der Waals surface area contributed by atoms with Crippen LogP contribution in [0.4, 0.5) is 9.18 Å². The molecule has 49 heavy (non-hydrogen) atoms. The van der Waals surface area contributed by atoms with Gasteiger partial charge in [-0.25, -0.2) is 9.18 Å². The zero-order valence-corrected chi connectivity index (χ0v) is 28.9. The molecule has 3 heterocycles. The van der Waals surface area contributed by atoms with Crippen molar-refractivity contribution in [3.8, 4) is 0 Å². The molecule has 3 amide bonds. The molecule has 1 aromatic heterocycles. The van der Waals surface area contributed by atoms with Crippen molar-refractivity contribution in [2.45, 2.75) is 64.3 Å². The van der Waals surface area contributed by atoms with Crippen molar-refractivity contribution < 1.29 is 33.0 Å². The maximum absolute atomic E-state index is 16.8. The Morgan fingerprint density at radius 3 is 2.24 bits per heavy atom. The van der Waals surface area contributed by atoms with Crippen molar-refractivity contribution in [1.29, 1.82) is 0 Å². The van der Waals surface area contributed by atoms with Gasteiger partial charge in [0, 0.05) is 41.4 Å². The topological polar surface area (TPSA) is 132 Å². The van der Waals surface area contributed by atoms with Crippen LogP contribution in [0.3, 0.4) is 0 Å². The quantitative estimate of drug-likeness (QED) is 0.251. The first kappa shape index (κ1) is 34.8. The molecule has 1 atom stereocenters. The van der Waals surface area contributed by atoms with Crippen LogP contribution in [-0.2, 0) is 26.5 Å². The molecule has 0 unspecified atom stereocenters. The molecule has 1 saturated carbocycles. The third kappa shape index (κ3) is 6.76. The molecule has 0 radical (unpaired) electrons. The van der Waals surface area contributed by atoms with Gasteiger partial charge in [-0.15, -0.1) is 0 Å². The lowest BCUT2D eigenvalue weighted by molar-refractivity contribution is -0.142. The highest BCUT2D eigenvalue weighted by molar-refractivity contribution is 6.30. The number of ketones is 1. The minimum atomic E-state index is -1.87. The molecule has 0 spiro atoms. The Morgan fingerprint density at radius 2 is 1.67 bits per heavy atom. The summed E-state index contributed by atoms with van der Waals surface area (Å²) in [7, 11) is 0. The molecule has 1 aliphatic carbocycles. The van der Waals surface area contributed by atoms with Gasteiger partial charge in [0.25, 0.3) is 5.91 Å². The van der Waals surface area contributed by atoms with Gasteiger partial charge in [0.15, 0.2) is 11.5 Å². The second-order valence-electron chi connectivity index (χ2n) is 13.9. The third-order valence-electron chi connectivity index (χ3n) is 9.36. The van der Waals surface area contributed by atoms with E-state index in [4.69, 9.17) is 38.4 Å². The lowest BCUT2D eigenvalue weighted by atomic mass is 9.86. The molecule has 258 valence electrons. The van der Waals surface area contributed by atoms with Crippen molar-refractivity contribution in [2.24, 2.45) is 17.1 Å². The number of nitrogens with two attached hydrogens (primary N) is 1. The molecule has 0 bridgehead atoms. The van der Waals surface area contributed by atoms with E-state index in [0.717, 1.165) is 6.07 Å². The van der Waals surface area contributed by atoms with Crippen LogP contribution in [0.1, 0.15) is 84.0 Å². The third-order valence-corrected chi connectivity index (χ3v) is 9.84. The van der Waals surface area contributed by atoms with Crippen LogP contribution in [0.25, 0.3) is 0 Å². The summed E-state index contributed by atoms with van der Waals surface area (Å²) in [6.45, 7) is 5.65. The molecule has 13 heteroatoms. The molecule has 2 aliphatic heterocycles. The fourth-order valence-corrected chi connectivity index (χ4v) is 6.72. The minimum Gasteiger partial charge on any atom is -0.444 e. The van der Waals surface area contributed by atoms with Crippen molar-refractivity contribution in [2.75, 3.05) is 19.7 Å². The monoisotopic (exact) mass is 710 g/mol. The maximum Gasteiger partial charge on any atom is 0.410 e. The maximum atomic E-state index is 16.8. The van der Waals surface area contributed by atoms with Gasteiger partial charge in [-0.05, 0) is 82.9 Å². The van der Waals surface area contributed by atoms with Gasteiger partial charge in [0.2, 0.25) is 5.91 Å². The fourth-order valence-electron chi connectivity index (χ4n) is 6.48. The Balaban J connectivity index is 1.39. The Hall–Kier alpha value is -4.06. The summed E-state index contributed by atoms with van der Waals surface area (Å²) in [4.78, 5) is 60.6. The van der Waals surface area contributed by atoms with E-state index < -0.39 is 46.4 Å². The number of ether oxygens (including phenoxy) is 2. The van der Waals surface area contributed by atoms with Gasteiger partial charge in [-0.3, -0.25) is 24.3 Å². The zero-order chi connectivity index (χ0) is 35.3. The van der Waals surface area contributed by atoms with Crippen LogP contribution in [-0.4, -0.2) is 63.8 Å². The summed E-state index contributed by atoms with van der Waals surface area (Å²) < 4.78 is 28.8. The summed E-state index contributed by atoms with van der Waals surface area (Å²) >= 11 is 12.3. The van der Waals surface area contributed by atoms with E-state index in [2.05, 4.69) is 4.98 Å². The number of pyridine rings is 1. The van der Waals surface area contributed by atoms with E-state index in [0.29, 0.717) is 60.1 Å². The second-order valence-corrected chi connectivity index (χ2v) is 14.8. The summed E-state index contributed by atoms with van der Waals surface area (Å²) in [6, 6.07) is 12.3. The predicted molar refractivity (Wildman–Crippen MR) is 179 cm³/mol. The first-order valence-corrected chi connectivity index (χ1v) is 16.9. The molecule has 1 saturated heterocycles.